The molecule has 0 aromatic carbocycles. The largest absolute Gasteiger partial charge is 0.338 e. The summed E-state index contributed by atoms with van der Waals surface area (Å²) in [4.78, 5) is 25.6. The molecule has 0 aromatic heterocycles. The van der Waals surface area contributed by atoms with Gasteiger partial charge in [-0.05, 0) is 52.1 Å². The molecule has 1 saturated heterocycles. The van der Waals surface area contributed by atoms with E-state index in [9.17, 15) is 9.59 Å². The molecule has 1 aliphatic rings. The number of hydrogen-bond acceptors (Lipinski definition) is 4. The van der Waals surface area contributed by atoms with Gasteiger partial charge in [0.25, 0.3) is 0 Å². The molecule has 1 fully saturated rings. The van der Waals surface area contributed by atoms with E-state index in [1.807, 2.05) is 6.92 Å². The normalized spacial score (nSPS) is 18.8. The van der Waals surface area contributed by atoms with E-state index in [1.165, 1.54) is 12.8 Å². The third-order valence-corrected chi connectivity index (χ3v) is 3.76. The van der Waals surface area contributed by atoms with Crippen LogP contribution in [-0.2, 0) is 4.79 Å². The van der Waals surface area contributed by atoms with Crippen LogP contribution in [0, 0.1) is 5.92 Å². The van der Waals surface area contributed by atoms with Gasteiger partial charge in [0.1, 0.15) is 0 Å². The molecule has 0 aliphatic carbocycles. The van der Waals surface area contributed by atoms with E-state index in [4.69, 9.17) is 0 Å². The predicted molar refractivity (Wildman–Crippen MR) is 84.1 cm³/mol. The molecule has 1 heterocycles. The average molecular weight is 298 g/mol. The Morgan fingerprint density at radius 2 is 2.14 bits per heavy atom. The maximum absolute atomic E-state index is 11.9. The minimum absolute atomic E-state index is 0.235. The Morgan fingerprint density at radius 3 is 2.71 bits per heavy atom. The predicted octanol–water partition coefficient (Wildman–Crippen LogP) is 0.932. The Balaban J connectivity index is 2.38. The van der Waals surface area contributed by atoms with Crippen LogP contribution < -0.4 is 16.0 Å². The molecule has 0 radical (unpaired) electrons. The summed E-state index contributed by atoms with van der Waals surface area (Å²) in [6, 6.07) is -0.110. The molecular weight excluding hydrogens is 268 g/mol. The second-order valence-corrected chi connectivity index (χ2v) is 6.04. The van der Waals surface area contributed by atoms with Crippen LogP contribution in [0.3, 0.4) is 0 Å². The highest BCUT2D eigenvalue weighted by Gasteiger charge is 2.21. The Kier molecular flexibility index (Phi) is 8.30. The van der Waals surface area contributed by atoms with Crippen molar-refractivity contribution in [2.45, 2.75) is 46.1 Å². The first-order chi connectivity index (χ1) is 10.0. The highest BCUT2D eigenvalue weighted by molar-refractivity contribution is 5.95. The molecule has 21 heavy (non-hydrogen) atoms. The van der Waals surface area contributed by atoms with Crippen molar-refractivity contribution in [1.82, 2.24) is 20.9 Å². The zero-order valence-corrected chi connectivity index (χ0v) is 13.6. The molecule has 3 N–H and O–H groups in total. The maximum Gasteiger partial charge on any atom is 0.321 e. The lowest BCUT2D eigenvalue weighted by molar-refractivity contribution is -0.121. The molecule has 6 heteroatoms. The van der Waals surface area contributed by atoms with Gasteiger partial charge in [0.05, 0.1) is 6.54 Å². The molecule has 122 valence electrons. The summed E-state index contributed by atoms with van der Waals surface area (Å²) in [6.07, 6.45) is 3.26. The molecule has 0 bridgehead atoms. The van der Waals surface area contributed by atoms with E-state index in [1.54, 1.807) is 0 Å². The summed E-state index contributed by atoms with van der Waals surface area (Å²) in [6.45, 7) is 10.0. The molecule has 1 unspecified atom stereocenters. The molecule has 1 aliphatic heterocycles. The summed E-state index contributed by atoms with van der Waals surface area (Å²) in [7, 11) is 0. The van der Waals surface area contributed by atoms with Crippen LogP contribution >= 0.6 is 0 Å². The van der Waals surface area contributed by atoms with Crippen LogP contribution in [0.1, 0.15) is 40.0 Å². The van der Waals surface area contributed by atoms with Gasteiger partial charge in [-0.3, -0.25) is 15.0 Å². The van der Waals surface area contributed by atoms with E-state index in [0.717, 1.165) is 26.1 Å². The van der Waals surface area contributed by atoms with Gasteiger partial charge >= 0.3 is 6.03 Å². The van der Waals surface area contributed by atoms with E-state index in [2.05, 4.69) is 34.7 Å². The summed E-state index contributed by atoms with van der Waals surface area (Å²) < 4.78 is 0. The number of rotatable bonds is 7. The van der Waals surface area contributed by atoms with Crippen molar-refractivity contribution in [3.8, 4) is 0 Å². The van der Waals surface area contributed by atoms with Crippen molar-refractivity contribution >= 4 is 11.9 Å². The second kappa shape index (κ2) is 9.73. The number of carbonyl (C=O) groups is 2. The van der Waals surface area contributed by atoms with Crippen LogP contribution in [-0.4, -0.2) is 55.6 Å². The van der Waals surface area contributed by atoms with Gasteiger partial charge in [-0.2, -0.15) is 0 Å². The summed E-state index contributed by atoms with van der Waals surface area (Å²) in [5.41, 5.74) is 0. The Labute approximate surface area is 128 Å². The average Bonchev–Trinajstić information content (AvgIpc) is 2.45. The standard InChI is InChI=1S/C15H30N4O2/c1-4-7-17-15(21)18-14(20)11-19(12(2)3)10-13-6-5-8-16-9-13/h12-13,16H,4-11H2,1-3H3,(H2,17,18,20,21). The van der Waals surface area contributed by atoms with E-state index in [-0.39, 0.29) is 18.5 Å². The maximum atomic E-state index is 11.9. The van der Waals surface area contributed by atoms with Gasteiger partial charge in [0.2, 0.25) is 5.91 Å². The Morgan fingerprint density at radius 1 is 1.38 bits per heavy atom. The molecule has 1 rings (SSSR count). The monoisotopic (exact) mass is 298 g/mol. The summed E-state index contributed by atoms with van der Waals surface area (Å²) >= 11 is 0. The number of piperidine rings is 1. The lowest BCUT2D eigenvalue weighted by atomic mass is 9.98. The fourth-order valence-corrected chi connectivity index (χ4v) is 2.50. The molecule has 0 saturated carbocycles. The fraction of sp³-hybridized carbons (Fsp3) is 0.867. The van der Waals surface area contributed by atoms with Crippen molar-refractivity contribution in [2.75, 3.05) is 32.7 Å². The lowest BCUT2D eigenvalue weighted by Gasteiger charge is -2.32. The zero-order valence-electron chi connectivity index (χ0n) is 13.6. The van der Waals surface area contributed by atoms with Gasteiger partial charge in [-0.15, -0.1) is 0 Å². The molecule has 0 spiro atoms. The van der Waals surface area contributed by atoms with Crippen molar-refractivity contribution in [3.63, 3.8) is 0 Å². The van der Waals surface area contributed by atoms with Crippen LogP contribution in [0.15, 0.2) is 0 Å². The number of imide groups is 1. The topological polar surface area (TPSA) is 73.5 Å². The second-order valence-electron chi connectivity index (χ2n) is 6.04. The van der Waals surface area contributed by atoms with Gasteiger partial charge in [0, 0.05) is 19.1 Å². The first-order valence-corrected chi connectivity index (χ1v) is 8.05. The number of amides is 3. The van der Waals surface area contributed by atoms with Crippen LogP contribution in [0.4, 0.5) is 4.79 Å². The Hall–Kier alpha value is -1.14. The smallest absolute Gasteiger partial charge is 0.321 e. The van der Waals surface area contributed by atoms with Crippen molar-refractivity contribution in [2.24, 2.45) is 5.92 Å². The first kappa shape index (κ1) is 17.9. The third-order valence-electron chi connectivity index (χ3n) is 3.76. The number of nitrogens with one attached hydrogen (secondary N) is 3. The SMILES string of the molecule is CCCNC(=O)NC(=O)CN(CC1CCCNC1)C(C)C. The van der Waals surface area contributed by atoms with Crippen LogP contribution in [0.2, 0.25) is 0 Å². The number of nitrogens with zero attached hydrogens (tertiary/aromatic N) is 1. The lowest BCUT2D eigenvalue weighted by Crippen LogP contribution is -2.48. The van der Waals surface area contributed by atoms with E-state index < -0.39 is 6.03 Å². The quantitative estimate of drug-likeness (QED) is 0.654. The Bertz CT molecular complexity index is 328. The van der Waals surface area contributed by atoms with E-state index >= 15 is 0 Å². The van der Waals surface area contributed by atoms with Gasteiger partial charge in [-0.1, -0.05) is 6.92 Å². The van der Waals surface area contributed by atoms with E-state index in [0.29, 0.717) is 12.5 Å². The molecular formula is C15H30N4O2. The van der Waals surface area contributed by atoms with Crippen molar-refractivity contribution < 1.29 is 9.59 Å². The highest BCUT2D eigenvalue weighted by Crippen LogP contribution is 2.13. The van der Waals surface area contributed by atoms with Gasteiger partial charge in [0.15, 0.2) is 0 Å². The molecule has 6 nitrogen and oxygen atoms in total. The highest BCUT2D eigenvalue weighted by atomic mass is 16.2. The number of carbonyl (C=O) groups excluding carboxylic acids is 2. The van der Waals surface area contributed by atoms with Crippen LogP contribution in [0.25, 0.3) is 0 Å². The number of hydrogen-bond donors (Lipinski definition) is 3. The van der Waals surface area contributed by atoms with Crippen molar-refractivity contribution in [1.29, 1.82) is 0 Å². The molecule has 1 atom stereocenters. The van der Waals surface area contributed by atoms with Gasteiger partial charge < -0.3 is 10.6 Å². The summed E-state index contributed by atoms with van der Waals surface area (Å²) in [5, 5.41) is 8.44. The molecule has 3 amide bonds. The minimum Gasteiger partial charge on any atom is -0.338 e. The van der Waals surface area contributed by atoms with Gasteiger partial charge in [-0.25, -0.2) is 4.79 Å². The summed E-state index contributed by atoms with van der Waals surface area (Å²) in [5.74, 6) is 0.351. The first-order valence-electron chi connectivity index (χ1n) is 8.05. The third kappa shape index (κ3) is 7.43. The minimum atomic E-state index is -0.398. The zero-order chi connectivity index (χ0) is 15.7. The van der Waals surface area contributed by atoms with Crippen LogP contribution in [0.5, 0.6) is 0 Å². The fourth-order valence-electron chi connectivity index (χ4n) is 2.50. The molecule has 0 aromatic rings. The van der Waals surface area contributed by atoms with Crippen molar-refractivity contribution in [3.05, 3.63) is 0 Å². The number of urea groups is 1.